The van der Waals surface area contributed by atoms with E-state index in [1.165, 1.54) is 20.2 Å². The highest BCUT2D eigenvalue weighted by Gasteiger charge is 2.15. The predicted molar refractivity (Wildman–Crippen MR) is 66.8 cm³/mol. The second kappa shape index (κ2) is 4.48. The van der Waals surface area contributed by atoms with E-state index in [2.05, 4.69) is 4.72 Å². The molecule has 0 aliphatic rings. The molecule has 0 saturated carbocycles. The molecule has 3 N–H and O–H groups in total. The lowest BCUT2D eigenvalue weighted by atomic mass is 10.2. The maximum absolute atomic E-state index is 11.6. The van der Waals surface area contributed by atoms with Crippen LogP contribution in [0, 0.1) is 6.92 Å². The van der Waals surface area contributed by atoms with Gasteiger partial charge < -0.3 is 5.73 Å². The van der Waals surface area contributed by atoms with Gasteiger partial charge in [0.2, 0.25) is 0 Å². The first-order valence-corrected chi connectivity index (χ1v) is 6.31. The number of rotatable bonds is 3. The molecule has 16 heavy (non-hydrogen) atoms. The number of anilines is 2. The van der Waals surface area contributed by atoms with Crippen molar-refractivity contribution < 1.29 is 8.42 Å². The number of halogens is 1. The van der Waals surface area contributed by atoms with Gasteiger partial charge in [0.15, 0.2) is 0 Å². The van der Waals surface area contributed by atoms with Crippen LogP contribution in [0.5, 0.6) is 0 Å². The molecular formula is C9H14ClN3O2S. The van der Waals surface area contributed by atoms with Crippen LogP contribution in [0.15, 0.2) is 12.1 Å². The molecule has 0 spiro atoms. The fourth-order valence-corrected chi connectivity index (χ4v) is 1.89. The Morgan fingerprint density at radius 2 is 1.94 bits per heavy atom. The predicted octanol–water partition coefficient (Wildman–Crippen LogP) is 1.45. The Kier molecular flexibility index (Phi) is 3.67. The molecule has 0 radical (unpaired) electrons. The average Bonchev–Trinajstić information content (AvgIpc) is 2.13. The highest BCUT2D eigenvalue weighted by atomic mass is 35.5. The van der Waals surface area contributed by atoms with Crippen molar-refractivity contribution in [3.8, 4) is 0 Å². The molecule has 0 aliphatic carbocycles. The Morgan fingerprint density at radius 1 is 1.38 bits per heavy atom. The summed E-state index contributed by atoms with van der Waals surface area (Å²) in [6.07, 6.45) is 0. The number of nitrogens with zero attached hydrogens (tertiary/aromatic N) is 1. The molecule has 1 rings (SSSR count). The molecule has 1 aromatic carbocycles. The summed E-state index contributed by atoms with van der Waals surface area (Å²) in [5.41, 5.74) is 7.16. The summed E-state index contributed by atoms with van der Waals surface area (Å²) in [6, 6.07) is 3.11. The number of nitrogens with one attached hydrogen (secondary N) is 1. The fourth-order valence-electron chi connectivity index (χ4n) is 1.04. The summed E-state index contributed by atoms with van der Waals surface area (Å²) in [4.78, 5) is 0. The number of nitrogen functional groups attached to an aromatic ring is 1. The average molecular weight is 264 g/mol. The number of hydrogen-bond acceptors (Lipinski definition) is 3. The lowest BCUT2D eigenvalue weighted by Gasteiger charge is -2.15. The summed E-state index contributed by atoms with van der Waals surface area (Å²) < 4.78 is 26.7. The van der Waals surface area contributed by atoms with Crippen LogP contribution in [0.1, 0.15) is 5.56 Å². The van der Waals surface area contributed by atoms with Crippen molar-refractivity contribution in [2.75, 3.05) is 24.6 Å². The zero-order valence-corrected chi connectivity index (χ0v) is 10.9. The van der Waals surface area contributed by atoms with Gasteiger partial charge in [-0.05, 0) is 24.6 Å². The van der Waals surface area contributed by atoms with Gasteiger partial charge in [0.25, 0.3) is 0 Å². The second-order valence-corrected chi connectivity index (χ2v) is 5.87. The lowest BCUT2D eigenvalue weighted by Crippen LogP contribution is -2.29. The van der Waals surface area contributed by atoms with E-state index in [0.29, 0.717) is 22.0 Å². The Morgan fingerprint density at radius 3 is 2.44 bits per heavy atom. The molecule has 0 atom stereocenters. The monoisotopic (exact) mass is 263 g/mol. The molecule has 90 valence electrons. The van der Waals surface area contributed by atoms with Crippen molar-refractivity contribution in [3.05, 3.63) is 22.7 Å². The molecule has 0 fully saturated rings. The van der Waals surface area contributed by atoms with Gasteiger partial charge in [-0.25, -0.2) is 0 Å². The van der Waals surface area contributed by atoms with E-state index in [1.54, 1.807) is 13.0 Å². The number of aryl methyl sites for hydroxylation is 1. The van der Waals surface area contributed by atoms with Gasteiger partial charge in [-0.2, -0.15) is 12.7 Å². The molecule has 1 aromatic rings. The fraction of sp³-hybridized carbons (Fsp3) is 0.333. The van der Waals surface area contributed by atoms with E-state index < -0.39 is 10.2 Å². The third-order valence-corrected chi connectivity index (χ3v) is 3.83. The molecule has 0 saturated heterocycles. The second-order valence-electron chi connectivity index (χ2n) is 3.58. The van der Waals surface area contributed by atoms with Crippen LogP contribution in [0.2, 0.25) is 5.02 Å². The molecule has 0 aromatic heterocycles. The zero-order chi connectivity index (χ0) is 12.5. The molecule has 0 aliphatic heterocycles. The summed E-state index contributed by atoms with van der Waals surface area (Å²) in [6.45, 7) is 1.75. The minimum absolute atomic E-state index is 0.321. The Balaban J connectivity index is 3.13. The Hall–Kier alpha value is -0.980. The van der Waals surface area contributed by atoms with Crippen LogP contribution in [0.25, 0.3) is 0 Å². The molecular weight excluding hydrogens is 250 g/mol. The highest BCUT2D eigenvalue weighted by Crippen LogP contribution is 2.27. The van der Waals surface area contributed by atoms with Gasteiger partial charge in [-0.1, -0.05) is 11.6 Å². The van der Waals surface area contributed by atoms with E-state index in [0.717, 1.165) is 4.31 Å². The maximum Gasteiger partial charge on any atom is 0.301 e. The van der Waals surface area contributed by atoms with Crippen LogP contribution in [-0.2, 0) is 10.2 Å². The van der Waals surface area contributed by atoms with Crippen LogP contribution in [0.4, 0.5) is 11.4 Å². The van der Waals surface area contributed by atoms with Crippen LogP contribution >= 0.6 is 11.6 Å². The SMILES string of the molecule is Cc1cc(N)c(Cl)cc1NS(=O)(=O)N(C)C. The normalized spacial score (nSPS) is 11.8. The van der Waals surface area contributed by atoms with Crippen molar-refractivity contribution in [3.63, 3.8) is 0 Å². The van der Waals surface area contributed by atoms with E-state index in [1.807, 2.05) is 0 Å². The molecule has 5 nitrogen and oxygen atoms in total. The van der Waals surface area contributed by atoms with Gasteiger partial charge in [-0.3, -0.25) is 4.72 Å². The zero-order valence-electron chi connectivity index (χ0n) is 9.28. The summed E-state index contributed by atoms with van der Waals surface area (Å²) in [5, 5.41) is 0.321. The van der Waals surface area contributed by atoms with Gasteiger partial charge in [0, 0.05) is 14.1 Å². The molecule has 7 heteroatoms. The first kappa shape index (κ1) is 13.1. The quantitative estimate of drug-likeness (QED) is 0.811. The molecule has 0 unspecified atom stereocenters. The van der Waals surface area contributed by atoms with Crippen LogP contribution in [-0.4, -0.2) is 26.8 Å². The smallest absolute Gasteiger partial charge is 0.301 e. The van der Waals surface area contributed by atoms with Crippen molar-refractivity contribution in [2.24, 2.45) is 0 Å². The summed E-state index contributed by atoms with van der Waals surface area (Å²) in [5.74, 6) is 0. The Bertz CT molecular complexity index is 500. The molecule has 0 bridgehead atoms. The van der Waals surface area contributed by atoms with E-state index in [9.17, 15) is 8.42 Å². The van der Waals surface area contributed by atoms with E-state index in [4.69, 9.17) is 17.3 Å². The van der Waals surface area contributed by atoms with Gasteiger partial charge in [-0.15, -0.1) is 0 Å². The lowest BCUT2D eigenvalue weighted by molar-refractivity contribution is 0.527. The largest absolute Gasteiger partial charge is 0.398 e. The van der Waals surface area contributed by atoms with E-state index >= 15 is 0 Å². The van der Waals surface area contributed by atoms with E-state index in [-0.39, 0.29) is 0 Å². The number of hydrogen-bond donors (Lipinski definition) is 2. The number of benzene rings is 1. The topological polar surface area (TPSA) is 75.4 Å². The standard InChI is InChI=1S/C9H14ClN3O2S/c1-6-4-8(11)7(10)5-9(6)12-16(14,15)13(2)3/h4-5,12H,11H2,1-3H3. The van der Waals surface area contributed by atoms with Crippen molar-refractivity contribution in [1.29, 1.82) is 0 Å². The Labute approximate surface area is 100 Å². The maximum atomic E-state index is 11.6. The van der Waals surface area contributed by atoms with Gasteiger partial charge in [0.05, 0.1) is 16.4 Å². The number of nitrogens with two attached hydrogens (primary N) is 1. The van der Waals surface area contributed by atoms with Crippen LogP contribution in [0.3, 0.4) is 0 Å². The first-order valence-electron chi connectivity index (χ1n) is 4.50. The summed E-state index contributed by atoms with van der Waals surface area (Å²) >= 11 is 5.82. The van der Waals surface area contributed by atoms with Gasteiger partial charge in [0.1, 0.15) is 0 Å². The minimum Gasteiger partial charge on any atom is -0.398 e. The highest BCUT2D eigenvalue weighted by molar-refractivity contribution is 7.90. The molecule has 0 amide bonds. The van der Waals surface area contributed by atoms with Crippen LogP contribution < -0.4 is 10.5 Å². The first-order chi connectivity index (χ1) is 7.24. The third kappa shape index (κ3) is 2.78. The van der Waals surface area contributed by atoms with Crippen molar-refractivity contribution in [2.45, 2.75) is 6.92 Å². The van der Waals surface area contributed by atoms with Gasteiger partial charge >= 0.3 is 10.2 Å². The third-order valence-electron chi connectivity index (χ3n) is 2.06. The molecule has 0 heterocycles. The minimum atomic E-state index is -3.52. The van der Waals surface area contributed by atoms with Crippen molar-refractivity contribution in [1.82, 2.24) is 4.31 Å². The van der Waals surface area contributed by atoms with Crippen molar-refractivity contribution >= 4 is 33.2 Å². The summed E-state index contributed by atoms with van der Waals surface area (Å²) in [7, 11) is -0.637.